The topological polar surface area (TPSA) is 32.3 Å². The minimum atomic E-state index is 0.0458. The second kappa shape index (κ2) is 6.34. The summed E-state index contributed by atoms with van der Waals surface area (Å²) >= 11 is 1.65. The second-order valence-corrected chi connectivity index (χ2v) is 8.30. The van der Waals surface area contributed by atoms with Gasteiger partial charge in [-0.3, -0.25) is 9.69 Å². The summed E-state index contributed by atoms with van der Waals surface area (Å²) < 4.78 is 0. The number of hydrogen-bond acceptors (Lipinski definition) is 3. The molecule has 24 heavy (non-hydrogen) atoms. The highest BCUT2D eigenvalue weighted by atomic mass is 32.1. The number of carbonyl (C=O) groups excluding carboxylic acids is 1. The highest BCUT2D eigenvalue weighted by Crippen LogP contribution is 2.33. The standard InChI is InChI=1S/C20H24N2OS/c1-13(2)22-11-15-10-18(24-19(15)12-22)20(23)21-17-9-5-7-14-6-3-4-8-16(14)17/h5,7,9-10,13H,3-4,6,8,11-12H2,1-2H3,(H,21,23). The third-order valence-electron chi connectivity index (χ3n) is 5.21. The van der Waals surface area contributed by atoms with Gasteiger partial charge < -0.3 is 5.32 Å². The Labute approximate surface area is 147 Å². The van der Waals surface area contributed by atoms with Gasteiger partial charge in [0, 0.05) is 29.7 Å². The lowest BCUT2D eigenvalue weighted by molar-refractivity contribution is 0.103. The Morgan fingerprint density at radius 1 is 1.17 bits per heavy atom. The number of amides is 1. The van der Waals surface area contributed by atoms with E-state index in [0.717, 1.165) is 36.5 Å². The van der Waals surface area contributed by atoms with Gasteiger partial charge in [0.05, 0.1) is 4.88 Å². The Morgan fingerprint density at radius 3 is 2.79 bits per heavy atom. The minimum Gasteiger partial charge on any atom is -0.321 e. The zero-order valence-corrected chi connectivity index (χ0v) is 15.2. The molecule has 0 saturated carbocycles. The normalized spacial score (nSPS) is 17.0. The summed E-state index contributed by atoms with van der Waals surface area (Å²) in [5.74, 6) is 0.0458. The zero-order valence-electron chi connectivity index (χ0n) is 14.4. The van der Waals surface area contributed by atoms with E-state index < -0.39 is 0 Å². The van der Waals surface area contributed by atoms with Crippen LogP contribution in [0.15, 0.2) is 24.3 Å². The van der Waals surface area contributed by atoms with Crippen molar-refractivity contribution in [1.29, 1.82) is 0 Å². The fraction of sp³-hybridized carbons (Fsp3) is 0.450. The number of carbonyl (C=O) groups is 1. The predicted molar refractivity (Wildman–Crippen MR) is 99.7 cm³/mol. The molecule has 0 fully saturated rings. The fourth-order valence-corrected chi connectivity index (χ4v) is 4.85. The van der Waals surface area contributed by atoms with Gasteiger partial charge in [-0.2, -0.15) is 0 Å². The molecule has 4 rings (SSSR count). The summed E-state index contributed by atoms with van der Waals surface area (Å²) in [4.78, 5) is 17.3. The van der Waals surface area contributed by atoms with Crippen molar-refractivity contribution in [2.24, 2.45) is 0 Å². The molecule has 2 heterocycles. The fourth-order valence-electron chi connectivity index (χ4n) is 3.75. The van der Waals surface area contributed by atoms with Crippen LogP contribution in [0.5, 0.6) is 0 Å². The SMILES string of the molecule is CC(C)N1Cc2cc(C(=O)Nc3cccc4c3CCCC4)sc2C1. The molecule has 0 bridgehead atoms. The lowest BCUT2D eigenvalue weighted by atomic mass is 9.90. The maximum atomic E-state index is 12.7. The van der Waals surface area contributed by atoms with Gasteiger partial charge in [-0.05, 0) is 68.4 Å². The number of rotatable bonds is 3. The molecular weight excluding hydrogens is 316 g/mol. The molecule has 2 aromatic rings. The van der Waals surface area contributed by atoms with E-state index in [1.54, 1.807) is 11.3 Å². The van der Waals surface area contributed by atoms with Crippen molar-refractivity contribution in [3.8, 4) is 0 Å². The molecule has 1 aliphatic heterocycles. The van der Waals surface area contributed by atoms with Gasteiger partial charge in [-0.25, -0.2) is 0 Å². The highest BCUT2D eigenvalue weighted by Gasteiger charge is 2.25. The van der Waals surface area contributed by atoms with Crippen molar-refractivity contribution in [2.45, 2.75) is 58.7 Å². The van der Waals surface area contributed by atoms with Crippen LogP contribution < -0.4 is 5.32 Å². The molecule has 0 saturated heterocycles. The number of fused-ring (bicyclic) bond motifs is 2. The van der Waals surface area contributed by atoms with Gasteiger partial charge >= 0.3 is 0 Å². The van der Waals surface area contributed by atoms with Crippen molar-refractivity contribution in [2.75, 3.05) is 5.32 Å². The number of anilines is 1. The van der Waals surface area contributed by atoms with Crippen LogP contribution in [0.1, 0.15) is 57.9 Å². The Hall–Kier alpha value is -1.65. The van der Waals surface area contributed by atoms with Gasteiger partial charge in [-0.15, -0.1) is 11.3 Å². The number of thiophene rings is 1. The number of aryl methyl sites for hydroxylation is 1. The zero-order chi connectivity index (χ0) is 16.7. The van der Waals surface area contributed by atoms with Gasteiger partial charge in [0.1, 0.15) is 0 Å². The molecule has 1 amide bonds. The van der Waals surface area contributed by atoms with E-state index in [2.05, 4.69) is 42.3 Å². The Bertz CT molecular complexity index is 754. The first-order valence-electron chi connectivity index (χ1n) is 8.89. The van der Waals surface area contributed by atoms with Crippen LogP contribution in [-0.2, 0) is 25.9 Å². The molecule has 0 atom stereocenters. The molecule has 0 spiro atoms. The molecule has 126 valence electrons. The van der Waals surface area contributed by atoms with E-state index in [9.17, 15) is 4.79 Å². The first-order chi connectivity index (χ1) is 11.6. The number of benzene rings is 1. The smallest absolute Gasteiger partial charge is 0.265 e. The number of hydrogen-bond donors (Lipinski definition) is 1. The number of nitrogens with zero attached hydrogens (tertiary/aromatic N) is 1. The van der Waals surface area contributed by atoms with Crippen LogP contribution >= 0.6 is 11.3 Å². The van der Waals surface area contributed by atoms with Gasteiger partial charge in [0.2, 0.25) is 0 Å². The molecule has 1 aromatic carbocycles. The maximum Gasteiger partial charge on any atom is 0.265 e. The monoisotopic (exact) mass is 340 g/mol. The summed E-state index contributed by atoms with van der Waals surface area (Å²) in [6, 6.07) is 8.95. The lowest BCUT2D eigenvalue weighted by Gasteiger charge is -2.20. The van der Waals surface area contributed by atoms with Crippen molar-refractivity contribution in [3.63, 3.8) is 0 Å². The predicted octanol–water partition coefficient (Wildman–Crippen LogP) is 4.60. The third kappa shape index (κ3) is 2.89. The van der Waals surface area contributed by atoms with Crippen molar-refractivity contribution in [1.82, 2.24) is 4.90 Å². The summed E-state index contributed by atoms with van der Waals surface area (Å²) in [6.07, 6.45) is 4.69. The molecule has 1 aliphatic carbocycles. The highest BCUT2D eigenvalue weighted by molar-refractivity contribution is 7.14. The van der Waals surface area contributed by atoms with Crippen LogP contribution in [-0.4, -0.2) is 16.8 Å². The maximum absolute atomic E-state index is 12.7. The molecule has 3 nitrogen and oxygen atoms in total. The molecular formula is C20H24N2OS. The summed E-state index contributed by atoms with van der Waals surface area (Å²) in [5, 5.41) is 3.17. The molecule has 1 aromatic heterocycles. The quantitative estimate of drug-likeness (QED) is 0.885. The van der Waals surface area contributed by atoms with Crippen molar-refractivity contribution >= 4 is 22.9 Å². The molecule has 2 aliphatic rings. The van der Waals surface area contributed by atoms with E-state index in [4.69, 9.17) is 0 Å². The van der Waals surface area contributed by atoms with E-state index >= 15 is 0 Å². The summed E-state index contributed by atoms with van der Waals surface area (Å²) in [6.45, 7) is 6.40. The molecule has 4 heteroatoms. The van der Waals surface area contributed by atoms with Crippen LogP contribution in [0.3, 0.4) is 0 Å². The van der Waals surface area contributed by atoms with E-state index in [1.807, 2.05) is 6.07 Å². The first kappa shape index (κ1) is 15.9. The van der Waals surface area contributed by atoms with Gasteiger partial charge in [-0.1, -0.05) is 12.1 Å². The van der Waals surface area contributed by atoms with E-state index in [0.29, 0.717) is 6.04 Å². The first-order valence-corrected chi connectivity index (χ1v) is 9.71. The van der Waals surface area contributed by atoms with Crippen LogP contribution in [0.4, 0.5) is 5.69 Å². The number of nitrogens with one attached hydrogen (secondary N) is 1. The van der Waals surface area contributed by atoms with Crippen LogP contribution in [0.25, 0.3) is 0 Å². The summed E-state index contributed by atoms with van der Waals surface area (Å²) in [5.41, 5.74) is 5.08. The van der Waals surface area contributed by atoms with Crippen molar-refractivity contribution < 1.29 is 4.79 Å². The average molecular weight is 340 g/mol. The Morgan fingerprint density at radius 2 is 2.00 bits per heavy atom. The van der Waals surface area contributed by atoms with E-state index in [-0.39, 0.29) is 5.91 Å². The molecule has 0 radical (unpaired) electrons. The van der Waals surface area contributed by atoms with E-state index in [1.165, 1.54) is 34.4 Å². The minimum absolute atomic E-state index is 0.0458. The third-order valence-corrected chi connectivity index (χ3v) is 6.38. The molecule has 1 N–H and O–H groups in total. The largest absolute Gasteiger partial charge is 0.321 e. The van der Waals surface area contributed by atoms with Crippen LogP contribution in [0, 0.1) is 0 Å². The molecule has 0 unspecified atom stereocenters. The second-order valence-electron chi connectivity index (χ2n) is 7.16. The lowest BCUT2D eigenvalue weighted by Crippen LogP contribution is -2.24. The van der Waals surface area contributed by atoms with Crippen molar-refractivity contribution in [3.05, 3.63) is 50.7 Å². The van der Waals surface area contributed by atoms with Crippen LogP contribution in [0.2, 0.25) is 0 Å². The average Bonchev–Trinajstić information content (AvgIpc) is 3.14. The summed E-state index contributed by atoms with van der Waals surface area (Å²) in [7, 11) is 0. The Kier molecular flexibility index (Phi) is 4.19. The Balaban J connectivity index is 1.52. The van der Waals surface area contributed by atoms with Gasteiger partial charge in [0.15, 0.2) is 0 Å². The van der Waals surface area contributed by atoms with Gasteiger partial charge in [0.25, 0.3) is 5.91 Å².